The number of hydrogen-bond donors (Lipinski definition) is 1. The summed E-state index contributed by atoms with van der Waals surface area (Å²) >= 11 is 0. The minimum Gasteiger partial charge on any atom is -0.434 e. The van der Waals surface area contributed by atoms with Gasteiger partial charge >= 0.3 is 6.61 Å². The number of ether oxygens (including phenoxy) is 1. The second-order valence-corrected chi connectivity index (χ2v) is 4.74. The maximum absolute atomic E-state index is 12.5. The summed E-state index contributed by atoms with van der Waals surface area (Å²) in [4.78, 5) is 0. The van der Waals surface area contributed by atoms with Gasteiger partial charge in [-0.3, -0.25) is 4.68 Å². The van der Waals surface area contributed by atoms with E-state index in [9.17, 15) is 8.78 Å². The van der Waals surface area contributed by atoms with E-state index in [1.165, 1.54) is 0 Å². The van der Waals surface area contributed by atoms with Crippen LogP contribution in [0, 0.1) is 0 Å². The van der Waals surface area contributed by atoms with E-state index in [4.69, 9.17) is 0 Å². The predicted octanol–water partition coefficient (Wildman–Crippen LogP) is 2.91. The monoisotopic (exact) mass is 295 g/mol. The number of hydrogen-bond acceptors (Lipinski definition) is 3. The van der Waals surface area contributed by atoms with Crippen LogP contribution in [0.15, 0.2) is 36.5 Å². The van der Waals surface area contributed by atoms with Crippen molar-refractivity contribution >= 4 is 0 Å². The molecule has 1 N–H and O–H groups in total. The average Bonchev–Trinajstić information content (AvgIpc) is 2.86. The summed E-state index contributed by atoms with van der Waals surface area (Å²) in [6, 6.07) is 8.78. The molecule has 0 spiro atoms. The third-order valence-corrected chi connectivity index (χ3v) is 3.47. The highest BCUT2D eigenvalue weighted by Crippen LogP contribution is 2.29. The molecule has 1 aromatic carbocycles. The summed E-state index contributed by atoms with van der Waals surface area (Å²) in [6.07, 6.45) is 3.31. The van der Waals surface area contributed by atoms with Crippen LogP contribution in [0.1, 0.15) is 23.7 Å². The molecule has 114 valence electrons. The molecule has 1 heterocycles. The van der Waals surface area contributed by atoms with Crippen molar-refractivity contribution in [3.05, 3.63) is 47.8 Å². The molecule has 0 amide bonds. The molecule has 21 heavy (non-hydrogen) atoms. The summed E-state index contributed by atoms with van der Waals surface area (Å²) in [7, 11) is 3.70. The molecule has 1 atom stereocenters. The zero-order valence-corrected chi connectivity index (χ0v) is 12.1. The molecular weight excluding hydrogens is 276 g/mol. The van der Waals surface area contributed by atoms with Gasteiger partial charge in [0, 0.05) is 30.5 Å². The van der Waals surface area contributed by atoms with Crippen LogP contribution in [0.5, 0.6) is 5.75 Å². The summed E-state index contributed by atoms with van der Waals surface area (Å²) in [5, 5.41) is 7.28. The van der Waals surface area contributed by atoms with Gasteiger partial charge < -0.3 is 10.1 Å². The second kappa shape index (κ2) is 7.17. The van der Waals surface area contributed by atoms with Crippen molar-refractivity contribution in [1.82, 2.24) is 15.1 Å². The lowest BCUT2D eigenvalue weighted by Crippen LogP contribution is -2.19. The maximum Gasteiger partial charge on any atom is 0.387 e. The van der Waals surface area contributed by atoms with Crippen LogP contribution in [-0.2, 0) is 13.5 Å². The Morgan fingerprint density at radius 2 is 2.05 bits per heavy atom. The Morgan fingerprint density at radius 3 is 2.67 bits per heavy atom. The van der Waals surface area contributed by atoms with E-state index in [2.05, 4.69) is 15.2 Å². The van der Waals surface area contributed by atoms with Gasteiger partial charge in [0.1, 0.15) is 5.75 Å². The topological polar surface area (TPSA) is 39.1 Å². The van der Waals surface area contributed by atoms with E-state index in [0.29, 0.717) is 0 Å². The maximum atomic E-state index is 12.5. The normalized spacial score (nSPS) is 12.6. The Labute approximate surface area is 122 Å². The van der Waals surface area contributed by atoms with Gasteiger partial charge in [-0.25, -0.2) is 0 Å². The van der Waals surface area contributed by atoms with Crippen LogP contribution < -0.4 is 10.1 Å². The number of rotatable bonds is 7. The van der Waals surface area contributed by atoms with Crippen LogP contribution in [0.2, 0.25) is 0 Å². The van der Waals surface area contributed by atoms with Crippen molar-refractivity contribution in [1.29, 1.82) is 0 Å². The third kappa shape index (κ3) is 4.01. The number of benzene rings is 1. The fourth-order valence-corrected chi connectivity index (χ4v) is 2.37. The van der Waals surface area contributed by atoms with Crippen LogP contribution in [0.25, 0.3) is 0 Å². The number of nitrogens with zero attached hydrogens (tertiary/aromatic N) is 2. The average molecular weight is 295 g/mol. The SMILES string of the molecule is CNC(CCc1ccnn1C)c1ccccc1OC(F)F. The quantitative estimate of drug-likeness (QED) is 0.853. The van der Waals surface area contributed by atoms with Crippen molar-refractivity contribution in [2.24, 2.45) is 7.05 Å². The smallest absolute Gasteiger partial charge is 0.387 e. The van der Waals surface area contributed by atoms with Crippen molar-refractivity contribution in [2.45, 2.75) is 25.5 Å². The Hall–Kier alpha value is -1.95. The molecule has 4 nitrogen and oxygen atoms in total. The van der Waals surface area contributed by atoms with Crippen LogP contribution in [-0.4, -0.2) is 23.4 Å². The minimum atomic E-state index is -2.82. The van der Waals surface area contributed by atoms with Crippen molar-refractivity contribution in [3.8, 4) is 5.75 Å². The number of para-hydroxylation sites is 1. The van der Waals surface area contributed by atoms with Crippen molar-refractivity contribution in [2.75, 3.05) is 7.05 Å². The van der Waals surface area contributed by atoms with Gasteiger partial charge in [-0.05, 0) is 32.0 Å². The Balaban J connectivity index is 2.12. The summed E-state index contributed by atoms with van der Waals surface area (Å²) in [5.74, 6) is 0.219. The Kier molecular flexibility index (Phi) is 5.27. The van der Waals surface area contributed by atoms with Gasteiger partial charge in [0.15, 0.2) is 0 Å². The minimum absolute atomic E-state index is 0.0603. The number of alkyl halides is 2. The molecule has 2 aromatic rings. The first-order valence-corrected chi connectivity index (χ1v) is 6.79. The van der Waals surface area contributed by atoms with E-state index < -0.39 is 6.61 Å². The summed E-state index contributed by atoms with van der Waals surface area (Å²) in [5.41, 5.74) is 1.84. The van der Waals surface area contributed by atoms with Gasteiger partial charge in [0.25, 0.3) is 0 Å². The zero-order chi connectivity index (χ0) is 15.2. The Morgan fingerprint density at radius 1 is 1.29 bits per heavy atom. The molecular formula is C15H19F2N3O. The molecule has 0 fully saturated rings. The van der Waals surface area contributed by atoms with Gasteiger partial charge in [-0.2, -0.15) is 13.9 Å². The lowest BCUT2D eigenvalue weighted by atomic mass is 10.00. The molecule has 1 unspecified atom stereocenters. The second-order valence-electron chi connectivity index (χ2n) is 4.74. The van der Waals surface area contributed by atoms with Gasteiger partial charge in [-0.1, -0.05) is 18.2 Å². The molecule has 1 aromatic heterocycles. The van der Waals surface area contributed by atoms with E-state index in [1.807, 2.05) is 37.0 Å². The highest BCUT2D eigenvalue weighted by atomic mass is 19.3. The number of aromatic nitrogens is 2. The standard InChI is InChI=1S/C15H19F2N3O/c1-18-13(8-7-11-9-10-19-20(11)2)12-5-3-4-6-14(12)21-15(16)17/h3-6,9-10,13,15,18H,7-8H2,1-2H3. The first-order chi connectivity index (χ1) is 10.1. The van der Waals surface area contributed by atoms with Crippen molar-refractivity contribution in [3.63, 3.8) is 0 Å². The van der Waals surface area contributed by atoms with Gasteiger partial charge in [-0.15, -0.1) is 0 Å². The molecule has 2 rings (SSSR count). The van der Waals surface area contributed by atoms with Gasteiger partial charge in [0.05, 0.1) is 0 Å². The van der Waals surface area contributed by atoms with Crippen LogP contribution in [0.4, 0.5) is 8.78 Å². The number of halogens is 2. The van der Waals surface area contributed by atoms with E-state index in [1.54, 1.807) is 18.3 Å². The fourth-order valence-electron chi connectivity index (χ4n) is 2.37. The molecule has 0 bridgehead atoms. The van der Waals surface area contributed by atoms with Crippen molar-refractivity contribution < 1.29 is 13.5 Å². The Bertz CT molecular complexity index is 572. The zero-order valence-electron chi connectivity index (χ0n) is 12.1. The molecule has 6 heteroatoms. The molecule has 0 aliphatic rings. The van der Waals surface area contributed by atoms with E-state index >= 15 is 0 Å². The lowest BCUT2D eigenvalue weighted by molar-refractivity contribution is -0.0507. The third-order valence-electron chi connectivity index (χ3n) is 3.47. The largest absolute Gasteiger partial charge is 0.434 e. The molecule has 0 aliphatic heterocycles. The number of aryl methyl sites for hydroxylation is 2. The molecule has 0 radical (unpaired) electrons. The molecule has 0 saturated heterocycles. The van der Waals surface area contributed by atoms with Crippen LogP contribution >= 0.6 is 0 Å². The first-order valence-electron chi connectivity index (χ1n) is 6.79. The predicted molar refractivity (Wildman–Crippen MR) is 76.4 cm³/mol. The highest BCUT2D eigenvalue weighted by Gasteiger charge is 2.17. The van der Waals surface area contributed by atoms with E-state index in [0.717, 1.165) is 24.1 Å². The van der Waals surface area contributed by atoms with Gasteiger partial charge in [0.2, 0.25) is 0 Å². The fraction of sp³-hybridized carbons (Fsp3) is 0.400. The summed E-state index contributed by atoms with van der Waals surface area (Å²) < 4.78 is 31.4. The van der Waals surface area contributed by atoms with Crippen LogP contribution in [0.3, 0.4) is 0 Å². The number of nitrogens with one attached hydrogen (secondary N) is 1. The van der Waals surface area contributed by atoms with E-state index in [-0.39, 0.29) is 11.8 Å². The highest BCUT2D eigenvalue weighted by molar-refractivity contribution is 5.36. The summed E-state index contributed by atoms with van der Waals surface area (Å²) in [6.45, 7) is -2.82. The lowest BCUT2D eigenvalue weighted by Gasteiger charge is -2.20. The first kappa shape index (κ1) is 15.4. The molecule has 0 saturated carbocycles. The molecule has 0 aliphatic carbocycles.